The van der Waals surface area contributed by atoms with Crippen LogP contribution in [-0.4, -0.2) is 50.4 Å². The van der Waals surface area contributed by atoms with E-state index in [1.165, 1.54) is 17.0 Å². The molecule has 0 aromatic heterocycles. The molecule has 1 saturated carbocycles. The van der Waals surface area contributed by atoms with Gasteiger partial charge >= 0.3 is 0 Å². The van der Waals surface area contributed by atoms with E-state index in [1.807, 2.05) is 80.6 Å². The first-order chi connectivity index (χ1) is 23.1. The van der Waals surface area contributed by atoms with Gasteiger partial charge in [0, 0.05) is 23.5 Å². The molecule has 1 aliphatic carbocycles. The monoisotopic (exact) mass is 731 g/mol. The topological polar surface area (TPSA) is 96.0 Å². The lowest BCUT2D eigenvalue weighted by Gasteiger charge is -2.34. The van der Waals surface area contributed by atoms with Crippen molar-refractivity contribution in [3.8, 4) is 5.75 Å². The Labute approximate surface area is 292 Å². The van der Waals surface area contributed by atoms with E-state index < -0.39 is 28.5 Å². The molecule has 252 valence electrons. The van der Waals surface area contributed by atoms with Crippen LogP contribution in [0.15, 0.2) is 112 Å². The van der Waals surface area contributed by atoms with Crippen LogP contribution in [0.25, 0.3) is 0 Å². The molecule has 0 aliphatic heterocycles. The van der Waals surface area contributed by atoms with E-state index in [2.05, 4.69) is 21.2 Å². The summed E-state index contributed by atoms with van der Waals surface area (Å²) in [4.78, 5) is 30.4. The van der Waals surface area contributed by atoms with E-state index in [4.69, 9.17) is 4.74 Å². The molecule has 8 nitrogen and oxygen atoms in total. The number of carbonyl (C=O) groups excluding carboxylic acids is 2. The molecule has 4 aromatic rings. The maximum atomic E-state index is 14.7. The van der Waals surface area contributed by atoms with Crippen molar-refractivity contribution in [1.82, 2.24) is 10.2 Å². The lowest BCUT2D eigenvalue weighted by molar-refractivity contribution is -0.140. The average Bonchev–Trinajstić information content (AvgIpc) is 3.60. The molecule has 48 heavy (non-hydrogen) atoms. The predicted octanol–water partition coefficient (Wildman–Crippen LogP) is 7.05. The van der Waals surface area contributed by atoms with Crippen LogP contribution in [0.5, 0.6) is 5.75 Å². The zero-order valence-corrected chi connectivity index (χ0v) is 29.8. The maximum absolute atomic E-state index is 14.7. The zero-order valence-electron chi connectivity index (χ0n) is 27.3. The van der Waals surface area contributed by atoms with Gasteiger partial charge in [-0.15, -0.1) is 0 Å². The van der Waals surface area contributed by atoms with Crippen molar-refractivity contribution in [2.24, 2.45) is 0 Å². The molecule has 10 heteroatoms. The van der Waals surface area contributed by atoms with Crippen molar-refractivity contribution in [3.05, 3.63) is 124 Å². The van der Waals surface area contributed by atoms with Gasteiger partial charge in [-0.1, -0.05) is 88.9 Å². The van der Waals surface area contributed by atoms with Gasteiger partial charge in [-0.05, 0) is 86.3 Å². The summed E-state index contributed by atoms with van der Waals surface area (Å²) in [6.07, 6.45) is 4.16. The fourth-order valence-corrected chi connectivity index (χ4v) is 7.63. The number of rotatable bonds is 14. The quantitative estimate of drug-likeness (QED) is 0.150. The first kappa shape index (κ1) is 35.2. The third-order valence-electron chi connectivity index (χ3n) is 8.56. The molecule has 1 N–H and O–H groups in total. The van der Waals surface area contributed by atoms with E-state index in [9.17, 15) is 18.0 Å². The molecule has 5 rings (SSSR count). The van der Waals surface area contributed by atoms with Gasteiger partial charge in [0.15, 0.2) is 0 Å². The third kappa shape index (κ3) is 9.05. The highest BCUT2D eigenvalue weighted by molar-refractivity contribution is 9.10. The highest BCUT2D eigenvalue weighted by Gasteiger charge is 2.35. The van der Waals surface area contributed by atoms with Crippen molar-refractivity contribution >= 4 is 43.5 Å². The van der Waals surface area contributed by atoms with Crippen LogP contribution in [0.3, 0.4) is 0 Å². The zero-order chi connectivity index (χ0) is 34.1. The van der Waals surface area contributed by atoms with Gasteiger partial charge in [0.25, 0.3) is 10.0 Å². The molecule has 1 aliphatic rings. The van der Waals surface area contributed by atoms with Crippen LogP contribution in [0, 0.1) is 6.92 Å². The second-order valence-corrected chi connectivity index (χ2v) is 14.9. The van der Waals surface area contributed by atoms with E-state index in [1.54, 1.807) is 24.3 Å². The number of benzene rings is 4. The number of hydrogen-bond acceptors (Lipinski definition) is 5. The Hall–Kier alpha value is -4.15. The summed E-state index contributed by atoms with van der Waals surface area (Å²) < 4.78 is 36.1. The van der Waals surface area contributed by atoms with Crippen LogP contribution < -0.4 is 14.4 Å². The number of aryl methyl sites for hydroxylation is 1. The minimum atomic E-state index is -4.21. The summed E-state index contributed by atoms with van der Waals surface area (Å²) in [5.74, 6) is -0.185. The Morgan fingerprint density at radius 1 is 0.875 bits per heavy atom. The number of nitrogens with one attached hydrogen (secondary N) is 1. The molecular weight excluding hydrogens is 690 g/mol. The number of sulfonamides is 1. The molecule has 4 aromatic carbocycles. The Bertz CT molecular complexity index is 1760. The van der Waals surface area contributed by atoms with E-state index >= 15 is 0 Å². The number of anilines is 1. The largest absolute Gasteiger partial charge is 0.494 e. The number of hydrogen-bond donors (Lipinski definition) is 1. The Morgan fingerprint density at radius 2 is 1.52 bits per heavy atom. The summed E-state index contributed by atoms with van der Waals surface area (Å²) in [5.41, 5.74) is 3.01. The first-order valence-electron chi connectivity index (χ1n) is 16.3. The number of halogens is 1. The number of nitrogens with zero attached hydrogens (tertiary/aromatic N) is 2. The standard InChI is InChI=1S/C38H42BrN3O5S/c1-3-47-34-21-23-35(24-22-34)48(45,46)42(33-19-13-28(2)14-20-33)27-37(43)41(26-30-15-17-31(39)18-16-30)36(25-29-9-5-4-6-10-29)38(44)40-32-11-7-8-12-32/h4-6,9-10,13-24,32,36H,3,7-8,11-12,25-27H2,1-2H3,(H,40,44)/t36-/m1/s1. The Balaban J connectivity index is 1.55. The summed E-state index contributed by atoms with van der Waals surface area (Å²) in [6.45, 7) is 3.83. The van der Waals surface area contributed by atoms with Gasteiger partial charge < -0.3 is 15.0 Å². The van der Waals surface area contributed by atoms with Crippen molar-refractivity contribution < 1.29 is 22.7 Å². The van der Waals surface area contributed by atoms with E-state index in [-0.39, 0.29) is 29.8 Å². The maximum Gasteiger partial charge on any atom is 0.264 e. The van der Waals surface area contributed by atoms with E-state index in [0.29, 0.717) is 18.0 Å². The minimum Gasteiger partial charge on any atom is -0.494 e. The summed E-state index contributed by atoms with van der Waals surface area (Å²) >= 11 is 3.48. The molecule has 0 saturated heterocycles. The van der Waals surface area contributed by atoms with Crippen molar-refractivity contribution in [2.45, 2.75) is 69.5 Å². The first-order valence-corrected chi connectivity index (χ1v) is 18.6. The highest BCUT2D eigenvalue weighted by atomic mass is 79.9. The second-order valence-electron chi connectivity index (χ2n) is 12.1. The van der Waals surface area contributed by atoms with Crippen molar-refractivity contribution in [3.63, 3.8) is 0 Å². The van der Waals surface area contributed by atoms with Crippen LogP contribution in [0.1, 0.15) is 49.3 Å². The molecule has 1 atom stereocenters. The second kappa shape index (κ2) is 16.3. The normalized spacial score (nSPS) is 13.9. The number of amides is 2. The fourth-order valence-electron chi connectivity index (χ4n) is 5.95. The Kier molecular flexibility index (Phi) is 11.9. The molecule has 0 bridgehead atoms. The van der Waals surface area contributed by atoms with Crippen molar-refractivity contribution in [1.29, 1.82) is 0 Å². The van der Waals surface area contributed by atoms with Gasteiger partial charge in [0.1, 0.15) is 18.3 Å². The van der Waals surface area contributed by atoms with Gasteiger partial charge in [-0.25, -0.2) is 8.42 Å². The third-order valence-corrected chi connectivity index (χ3v) is 10.9. The molecule has 0 unspecified atom stereocenters. The average molecular weight is 733 g/mol. The number of carbonyl (C=O) groups is 2. The predicted molar refractivity (Wildman–Crippen MR) is 192 cm³/mol. The lowest BCUT2D eigenvalue weighted by Crippen LogP contribution is -2.54. The smallest absolute Gasteiger partial charge is 0.264 e. The number of ether oxygens (including phenoxy) is 1. The summed E-state index contributed by atoms with van der Waals surface area (Å²) in [5, 5.41) is 3.21. The van der Waals surface area contributed by atoms with Gasteiger partial charge in [-0.2, -0.15) is 0 Å². The van der Waals surface area contributed by atoms with Crippen LogP contribution in [-0.2, 0) is 32.6 Å². The summed E-state index contributed by atoms with van der Waals surface area (Å²) in [7, 11) is -4.21. The van der Waals surface area contributed by atoms with Gasteiger partial charge in [0.05, 0.1) is 17.2 Å². The van der Waals surface area contributed by atoms with Crippen molar-refractivity contribution in [2.75, 3.05) is 17.5 Å². The summed E-state index contributed by atoms with van der Waals surface area (Å²) in [6, 6.07) is 29.5. The fraction of sp³-hybridized carbons (Fsp3) is 0.316. The molecule has 0 heterocycles. The van der Waals surface area contributed by atoms with Gasteiger partial charge in [-0.3, -0.25) is 13.9 Å². The van der Waals surface area contributed by atoms with Crippen LogP contribution in [0.2, 0.25) is 0 Å². The molecule has 1 fully saturated rings. The SMILES string of the molecule is CCOc1ccc(S(=O)(=O)N(CC(=O)N(Cc2ccc(Br)cc2)[C@H](Cc2ccccc2)C(=O)NC2CCCC2)c2ccc(C)cc2)cc1. The Morgan fingerprint density at radius 3 is 2.15 bits per heavy atom. The molecular formula is C38H42BrN3O5S. The molecule has 0 spiro atoms. The van der Waals surface area contributed by atoms with Gasteiger partial charge in [0.2, 0.25) is 11.8 Å². The minimum absolute atomic E-state index is 0.0265. The van der Waals surface area contributed by atoms with Crippen LogP contribution in [0.4, 0.5) is 5.69 Å². The lowest BCUT2D eigenvalue weighted by atomic mass is 10.0. The van der Waals surface area contributed by atoms with E-state index in [0.717, 1.165) is 51.2 Å². The highest BCUT2D eigenvalue weighted by Crippen LogP contribution is 2.27. The van der Waals surface area contributed by atoms with Crippen LogP contribution >= 0.6 is 15.9 Å². The molecule has 0 radical (unpaired) electrons. The molecule has 2 amide bonds.